The first-order valence-electron chi connectivity index (χ1n) is 4.17. The highest BCUT2D eigenvalue weighted by atomic mass is 16.6. The number of benzene rings is 1. The molecule has 0 heterocycles. The van der Waals surface area contributed by atoms with Gasteiger partial charge in [-0.3, -0.25) is 10.1 Å². The lowest BCUT2D eigenvalue weighted by Gasteiger charge is -1.98. The van der Waals surface area contributed by atoms with Crippen LogP contribution in [0, 0.1) is 10.1 Å². The molecule has 1 rings (SSSR count). The molecule has 0 radical (unpaired) electrons. The lowest BCUT2D eigenvalue weighted by atomic mass is 10.1. The van der Waals surface area contributed by atoms with Crippen molar-refractivity contribution < 1.29 is 4.92 Å². The van der Waals surface area contributed by atoms with Gasteiger partial charge in [-0.2, -0.15) is 0 Å². The fourth-order valence-corrected chi connectivity index (χ4v) is 1.13. The summed E-state index contributed by atoms with van der Waals surface area (Å²) in [6, 6.07) is 6.66. The second-order valence-corrected chi connectivity index (χ2v) is 2.82. The average molecular weight is 180 g/mol. The van der Waals surface area contributed by atoms with Crippen LogP contribution in [-0.4, -0.2) is 11.5 Å². The molecule has 4 nitrogen and oxygen atoms in total. The standard InChI is InChI=1S/C9H12N2O2/c10-6-2-4-8-3-1-5-9(7-8)11(12)13/h1,3,5,7H,2,4,6,10H2. The number of hydrogen-bond donors (Lipinski definition) is 1. The molecule has 0 aliphatic rings. The first-order chi connectivity index (χ1) is 6.24. The van der Waals surface area contributed by atoms with Gasteiger partial charge < -0.3 is 5.73 Å². The molecule has 0 fully saturated rings. The molecule has 0 aromatic heterocycles. The summed E-state index contributed by atoms with van der Waals surface area (Å²) >= 11 is 0. The summed E-state index contributed by atoms with van der Waals surface area (Å²) in [4.78, 5) is 10.0. The number of nitro groups is 1. The monoisotopic (exact) mass is 180 g/mol. The average Bonchev–Trinajstić information content (AvgIpc) is 2.15. The molecule has 13 heavy (non-hydrogen) atoms. The Morgan fingerprint density at radius 1 is 1.46 bits per heavy atom. The third-order valence-corrected chi connectivity index (χ3v) is 1.79. The minimum absolute atomic E-state index is 0.148. The smallest absolute Gasteiger partial charge is 0.269 e. The fraction of sp³-hybridized carbons (Fsp3) is 0.333. The van der Waals surface area contributed by atoms with E-state index >= 15 is 0 Å². The number of aryl methyl sites for hydroxylation is 1. The zero-order chi connectivity index (χ0) is 9.68. The van der Waals surface area contributed by atoms with Gasteiger partial charge in [-0.05, 0) is 24.9 Å². The molecule has 1 aromatic rings. The van der Waals surface area contributed by atoms with Gasteiger partial charge in [0.1, 0.15) is 0 Å². The van der Waals surface area contributed by atoms with E-state index in [1.165, 1.54) is 6.07 Å². The maximum atomic E-state index is 10.4. The van der Waals surface area contributed by atoms with Gasteiger partial charge in [0, 0.05) is 12.1 Å². The molecule has 0 amide bonds. The van der Waals surface area contributed by atoms with Gasteiger partial charge in [0.2, 0.25) is 0 Å². The summed E-state index contributed by atoms with van der Waals surface area (Å²) in [7, 11) is 0. The van der Waals surface area contributed by atoms with Crippen LogP contribution in [0.25, 0.3) is 0 Å². The molecule has 0 aliphatic heterocycles. The van der Waals surface area contributed by atoms with Crippen LogP contribution in [0.2, 0.25) is 0 Å². The molecule has 4 heteroatoms. The van der Waals surface area contributed by atoms with Crippen molar-refractivity contribution in [2.45, 2.75) is 12.8 Å². The number of non-ortho nitro benzene ring substituents is 1. The second kappa shape index (κ2) is 4.57. The summed E-state index contributed by atoms with van der Waals surface area (Å²) in [5.41, 5.74) is 6.46. The SMILES string of the molecule is NCCCc1cccc([N+](=O)[O-])c1. The van der Waals surface area contributed by atoms with Gasteiger partial charge in [-0.1, -0.05) is 12.1 Å². The Morgan fingerprint density at radius 2 is 2.23 bits per heavy atom. The molecule has 0 spiro atoms. The van der Waals surface area contributed by atoms with E-state index in [1.54, 1.807) is 12.1 Å². The van der Waals surface area contributed by atoms with Crippen LogP contribution in [0.3, 0.4) is 0 Å². The summed E-state index contributed by atoms with van der Waals surface area (Å²) in [6.07, 6.45) is 1.67. The molecule has 0 unspecified atom stereocenters. The molecular formula is C9H12N2O2. The molecule has 2 N–H and O–H groups in total. The van der Waals surface area contributed by atoms with Crippen LogP contribution in [0.5, 0.6) is 0 Å². The van der Waals surface area contributed by atoms with Crippen molar-refractivity contribution in [3.8, 4) is 0 Å². The predicted molar refractivity (Wildman–Crippen MR) is 50.5 cm³/mol. The molecule has 70 valence electrons. The highest BCUT2D eigenvalue weighted by Crippen LogP contribution is 2.13. The highest BCUT2D eigenvalue weighted by Gasteiger charge is 2.04. The quantitative estimate of drug-likeness (QED) is 0.563. The predicted octanol–water partition coefficient (Wildman–Crippen LogP) is 1.49. The van der Waals surface area contributed by atoms with Gasteiger partial charge in [0.05, 0.1) is 4.92 Å². The highest BCUT2D eigenvalue weighted by molar-refractivity contribution is 5.34. The van der Waals surface area contributed by atoms with Crippen LogP contribution in [-0.2, 0) is 6.42 Å². The van der Waals surface area contributed by atoms with Gasteiger partial charge in [0.15, 0.2) is 0 Å². The second-order valence-electron chi connectivity index (χ2n) is 2.82. The van der Waals surface area contributed by atoms with Crippen molar-refractivity contribution in [1.82, 2.24) is 0 Å². The Balaban J connectivity index is 2.73. The van der Waals surface area contributed by atoms with Gasteiger partial charge >= 0.3 is 0 Å². The Morgan fingerprint density at radius 3 is 2.85 bits per heavy atom. The summed E-state index contributed by atoms with van der Waals surface area (Å²) in [5.74, 6) is 0. The first kappa shape index (κ1) is 9.67. The lowest BCUT2D eigenvalue weighted by molar-refractivity contribution is -0.384. The van der Waals surface area contributed by atoms with Gasteiger partial charge in [-0.25, -0.2) is 0 Å². The van der Waals surface area contributed by atoms with E-state index in [2.05, 4.69) is 0 Å². The van der Waals surface area contributed by atoms with E-state index in [9.17, 15) is 10.1 Å². The largest absolute Gasteiger partial charge is 0.330 e. The molecule has 0 atom stereocenters. The Labute approximate surface area is 76.5 Å². The molecule has 0 saturated carbocycles. The fourth-order valence-electron chi connectivity index (χ4n) is 1.13. The van der Waals surface area contributed by atoms with Crippen LogP contribution in [0.4, 0.5) is 5.69 Å². The molecule has 0 bridgehead atoms. The van der Waals surface area contributed by atoms with Crippen molar-refractivity contribution in [2.75, 3.05) is 6.54 Å². The third-order valence-electron chi connectivity index (χ3n) is 1.79. The van der Waals surface area contributed by atoms with Crippen LogP contribution < -0.4 is 5.73 Å². The Hall–Kier alpha value is -1.42. The van der Waals surface area contributed by atoms with Gasteiger partial charge in [0.25, 0.3) is 5.69 Å². The van der Waals surface area contributed by atoms with E-state index in [-0.39, 0.29) is 10.6 Å². The van der Waals surface area contributed by atoms with Crippen molar-refractivity contribution in [3.63, 3.8) is 0 Å². The van der Waals surface area contributed by atoms with Crippen molar-refractivity contribution in [2.24, 2.45) is 5.73 Å². The number of nitrogens with zero attached hydrogens (tertiary/aromatic N) is 1. The summed E-state index contributed by atoms with van der Waals surface area (Å²) < 4.78 is 0. The number of nitrogens with two attached hydrogens (primary N) is 1. The zero-order valence-corrected chi connectivity index (χ0v) is 7.27. The van der Waals surface area contributed by atoms with E-state index in [0.29, 0.717) is 6.54 Å². The first-order valence-corrected chi connectivity index (χ1v) is 4.17. The van der Waals surface area contributed by atoms with Crippen molar-refractivity contribution in [1.29, 1.82) is 0 Å². The van der Waals surface area contributed by atoms with Crippen LogP contribution >= 0.6 is 0 Å². The molecule has 0 aliphatic carbocycles. The molecule has 0 saturated heterocycles. The zero-order valence-electron chi connectivity index (χ0n) is 7.27. The van der Waals surface area contributed by atoms with Crippen LogP contribution in [0.1, 0.15) is 12.0 Å². The normalized spacial score (nSPS) is 9.92. The van der Waals surface area contributed by atoms with E-state index < -0.39 is 0 Å². The Bertz CT molecular complexity index is 299. The number of nitro benzene ring substituents is 1. The van der Waals surface area contributed by atoms with Crippen LogP contribution in [0.15, 0.2) is 24.3 Å². The topological polar surface area (TPSA) is 69.2 Å². The lowest BCUT2D eigenvalue weighted by Crippen LogP contribution is -2.00. The van der Waals surface area contributed by atoms with Crippen molar-refractivity contribution in [3.05, 3.63) is 39.9 Å². The molecule has 1 aromatic carbocycles. The molecular weight excluding hydrogens is 168 g/mol. The maximum Gasteiger partial charge on any atom is 0.269 e. The minimum Gasteiger partial charge on any atom is -0.330 e. The number of rotatable bonds is 4. The Kier molecular flexibility index (Phi) is 3.40. The third kappa shape index (κ3) is 2.83. The van der Waals surface area contributed by atoms with Gasteiger partial charge in [-0.15, -0.1) is 0 Å². The summed E-state index contributed by atoms with van der Waals surface area (Å²) in [6.45, 7) is 0.614. The summed E-state index contributed by atoms with van der Waals surface area (Å²) in [5, 5.41) is 10.4. The maximum absolute atomic E-state index is 10.4. The van der Waals surface area contributed by atoms with Crippen molar-refractivity contribution >= 4 is 5.69 Å². The van der Waals surface area contributed by atoms with E-state index in [0.717, 1.165) is 18.4 Å². The number of hydrogen-bond acceptors (Lipinski definition) is 3. The van der Waals surface area contributed by atoms with E-state index in [1.807, 2.05) is 6.07 Å². The van der Waals surface area contributed by atoms with E-state index in [4.69, 9.17) is 5.73 Å². The minimum atomic E-state index is -0.383.